The van der Waals surface area contributed by atoms with Crippen molar-refractivity contribution in [2.75, 3.05) is 7.05 Å². The zero-order valence-corrected chi connectivity index (χ0v) is 19.0. The summed E-state index contributed by atoms with van der Waals surface area (Å²) in [5.41, 5.74) is 0.649. The van der Waals surface area contributed by atoms with Gasteiger partial charge in [0.2, 0.25) is 0 Å². The number of pyridine rings is 1. The molecule has 4 rings (SSSR count). The second kappa shape index (κ2) is 10.1. The fourth-order valence-electron chi connectivity index (χ4n) is 6.04. The SMILES string of the molecule is CN1C(=N)N[C@](CCC2CCCCC2)(CC2CCC[C@H](NCc3cccnc3)C2)C1=O. The van der Waals surface area contributed by atoms with E-state index in [9.17, 15) is 4.79 Å². The van der Waals surface area contributed by atoms with Crippen molar-refractivity contribution in [1.82, 2.24) is 20.5 Å². The van der Waals surface area contributed by atoms with Gasteiger partial charge in [-0.3, -0.25) is 20.1 Å². The molecule has 0 radical (unpaired) electrons. The summed E-state index contributed by atoms with van der Waals surface area (Å²) in [4.78, 5) is 19.0. The number of hydrogen-bond acceptors (Lipinski definition) is 4. The maximum absolute atomic E-state index is 13.3. The average Bonchev–Trinajstić information content (AvgIpc) is 3.01. The molecule has 1 amide bonds. The zero-order chi connectivity index (χ0) is 21.7. The van der Waals surface area contributed by atoms with Crippen molar-refractivity contribution >= 4 is 11.9 Å². The molecule has 1 unspecified atom stereocenters. The predicted molar refractivity (Wildman–Crippen MR) is 124 cm³/mol. The van der Waals surface area contributed by atoms with Crippen LogP contribution < -0.4 is 10.6 Å². The van der Waals surface area contributed by atoms with Crippen LogP contribution in [0.15, 0.2) is 24.5 Å². The lowest BCUT2D eigenvalue weighted by Gasteiger charge is -2.37. The van der Waals surface area contributed by atoms with Crippen molar-refractivity contribution in [2.24, 2.45) is 11.8 Å². The number of aromatic nitrogens is 1. The summed E-state index contributed by atoms with van der Waals surface area (Å²) in [5, 5.41) is 15.3. The third kappa shape index (κ3) is 5.46. The monoisotopic (exact) mass is 425 g/mol. The third-order valence-corrected chi connectivity index (χ3v) is 7.85. The first-order valence-electron chi connectivity index (χ1n) is 12.3. The molecule has 6 heteroatoms. The summed E-state index contributed by atoms with van der Waals surface area (Å²) >= 11 is 0. The molecule has 3 N–H and O–H groups in total. The van der Waals surface area contributed by atoms with Crippen LogP contribution in [0.5, 0.6) is 0 Å². The minimum absolute atomic E-state index is 0.110. The van der Waals surface area contributed by atoms with Crippen molar-refractivity contribution < 1.29 is 4.79 Å². The van der Waals surface area contributed by atoms with E-state index in [4.69, 9.17) is 5.41 Å². The number of carbonyl (C=O) groups is 1. The molecule has 1 saturated heterocycles. The highest BCUT2D eigenvalue weighted by atomic mass is 16.2. The molecule has 170 valence electrons. The van der Waals surface area contributed by atoms with Gasteiger partial charge in [-0.1, -0.05) is 51.0 Å². The quantitative estimate of drug-likeness (QED) is 0.583. The van der Waals surface area contributed by atoms with Crippen LogP contribution in [-0.4, -0.2) is 40.4 Å². The second-order valence-electron chi connectivity index (χ2n) is 10.1. The lowest BCUT2D eigenvalue weighted by Crippen LogP contribution is -2.49. The van der Waals surface area contributed by atoms with Gasteiger partial charge in [0.1, 0.15) is 5.54 Å². The van der Waals surface area contributed by atoms with Crippen LogP contribution in [0.1, 0.15) is 82.6 Å². The fourth-order valence-corrected chi connectivity index (χ4v) is 6.04. The lowest BCUT2D eigenvalue weighted by molar-refractivity contribution is -0.131. The molecule has 0 aromatic carbocycles. The molecule has 2 heterocycles. The number of amides is 1. The van der Waals surface area contributed by atoms with Gasteiger partial charge in [0, 0.05) is 32.0 Å². The van der Waals surface area contributed by atoms with Crippen LogP contribution in [0.25, 0.3) is 0 Å². The molecule has 0 spiro atoms. The van der Waals surface area contributed by atoms with E-state index in [1.807, 2.05) is 18.5 Å². The van der Waals surface area contributed by atoms with E-state index in [0.717, 1.165) is 38.1 Å². The zero-order valence-electron chi connectivity index (χ0n) is 19.0. The Morgan fingerprint density at radius 2 is 2.00 bits per heavy atom. The van der Waals surface area contributed by atoms with Crippen LogP contribution in [0.3, 0.4) is 0 Å². The number of rotatable bonds is 8. The minimum atomic E-state index is -0.570. The molecule has 31 heavy (non-hydrogen) atoms. The summed E-state index contributed by atoms with van der Waals surface area (Å²) < 4.78 is 0. The van der Waals surface area contributed by atoms with Crippen molar-refractivity contribution in [2.45, 2.75) is 95.2 Å². The number of nitrogens with one attached hydrogen (secondary N) is 3. The van der Waals surface area contributed by atoms with E-state index in [1.54, 1.807) is 7.05 Å². The molecule has 1 aromatic heterocycles. The van der Waals surface area contributed by atoms with E-state index in [1.165, 1.54) is 61.8 Å². The van der Waals surface area contributed by atoms with Crippen molar-refractivity contribution in [3.05, 3.63) is 30.1 Å². The number of carbonyl (C=O) groups excluding carboxylic acids is 1. The first-order chi connectivity index (χ1) is 15.1. The Balaban J connectivity index is 1.37. The summed E-state index contributed by atoms with van der Waals surface area (Å²) in [6, 6.07) is 4.59. The number of guanidine groups is 1. The summed E-state index contributed by atoms with van der Waals surface area (Å²) in [6.45, 7) is 0.850. The van der Waals surface area contributed by atoms with Crippen LogP contribution in [0.4, 0.5) is 0 Å². The maximum Gasteiger partial charge on any atom is 0.254 e. The van der Waals surface area contributed by atoms with Gasteiger partial charge >= 0.3 is 0 Å². The Kier molecular flexibility index (Phi) is 7.26. The Bertz CT molecular complexity index is 748. The molecular formula is C25H39N5O. The Morgan fingerprint density at radius 1 is 1.19 bits per heavy atom. The summed E-state index contributed by atoms with van der Waals surface area (Å²) in [6.07, 6.45) is 17.9. The van der Waals surface area contributed by atoms with Gasteiger partial charge in [0.05, 0.1) is 0 Å². The smallest absolute Gasteiger partial charge is 0.254 e. The predicted octanol–water partition coefficient (Wildman–Crippen LogP) is 4.22. The van der Waals surface area contributed by atoms with E-state index in [0.29, 0.717) is 12.0 Å². The highest BCUT2D eigenvalue weighted by molar-refractivity contribution is 6.07. The van der Waals surface area contributed by atoms with E-state index in [2.05, 4.69) is 21.7 Å². The van der Waals surface area contributed by atoms with Gasteiger partial charge in [0.25, 0.3) is 5.91 Å². The Labute approximate surface area is 187 Å². The van der Waals surface area contributed by atoms with Crippen molar-refractivity contribution in [3.63, 3.8) is 0 Å². The molecule has 3 fully saturated rings. The summed E-state index contributed by atoms with van der Waals surface area (Å²) in [7, 11) is 1.75. The summed E-state index contributed by atoms with van der Waals surface area (Å²) in [5.74, 6) is 1.65. The van der Waals surface area contributed by atoms with Crippen LogP contribution in [-0.2, 0) is 11.3 Å². The van der Waals surface area contributed by atoms with E-state index in [-0.39, 0.29) is 11.9 Å². The topological polar surface area (TPSA) is 81.1 Å². The van der Waals surface area contributed by atoms with E-state index >= 15 is 0 Å². The van der Waals surface area contributed by atoms with Crippen LogP contribution in [0.2, 0.25) is 0 Å². The molecule has 2 saturated carbocycles. The maximum atomic E-state index is 13.3. The van der Waals surface area contributed by atoms with Gasteiger partial charge in [-0.25, -0.2) is 0 Å². The Hall–Kier alpha value is -1.95. The molecule has 2 aliphatic carbocycles. The first kappa shape index (κ1) is 22.3. The largest absolute Gasteiger partial charge is 0.342 e. The molecule has 6 nitrogen and oxygen atoms in total. The standard InChI is InChI=1S/C25H39N5O/c1-30-23(31)25(29-24(30)26,13-12-19-7-3-2-4-8-19)16-20-9-5-11-22(15-20)28-18-21-10-6-14-27-17-21/h6,10,14,17,19-20,22,28H,2-5,7-9,11-13,15-16,18H2,1H3,(H2,26,29)/t20?,22-,25+/m0/s1. The lowest BCUT2D eigenvalue weighted by atomic mass is 9.74. The number of hydrogen-bond donors (Lipinski definition) is 3. The van der Waals surface area contributed by atoms with Crippen molar-refractivity contribution in [3.8, 4) is 0 Å². The third-order valence-electron chi connectivity index (χ3n) is 7.85. The van der Waals surface area contributed by atoms with Gasteiger partial charge < -0.3 is 10.6 Å². The normalized spacial score (nSPS) is 29.9. The minimum Gasteiger partial charge on any atom is -0.342 e. The fraction of sp³-hybridized carbons (Fsp3) is 0.720. The average molecular weight is 426 g/mol. The second-order valence-corrected chi connectivity index (χ2v) is 10.1. The van der Waals surface area contributed by atoms with Gasteiger partial charge in [-0.05, 0) is 55.6 Å². The van der Waals surface area contributed by atoms with Gasteiger partial charge in [-0.2, -0.15) is 0 Å². The van der Waals surface area contributed by atoms with Gasteiger partial charge in [0.15, 0.2) is 5.96 Å². The molecule has 1 aliphatic heterocycles. The highest BCUT2D eigenvalue weighted by Gasteiger charge is 2.49. The first-order valence-corrected chi connectivity index (χ1v) is 12.3. The van der Waals surface area contributed by atoms with Crippen LogP contribution >= 0.6 is 0 Å². The molecule has 1 aromatic rings. The van der Waals surface area contributed by atoms with Crippen LogP contribution in [0, 0.1) is 17.2 Å². The Morgan fingerprint density at radius 3 is 2.71 bits per heavy atom. The number of nitrogens with zero attached hydrogens (tertiary/aromatic N) is 2. The number of likely N-dealkylation sites (N-methyl/N-ethyl adjacent to an activating group) is 1. The molecule has 3 atom stereocenters. The molecule has 3 aliphatic rings. The molecular weight excluding hydrogens is 386 g/mol. The molecule has 0 bridgehead atoms. The van der Waals surface area contributed by atoms with E-state index < -0.39 is 5.54 Å². The van der Waals surface area contributed by atoms with Crippen molar-refractivity contribution in [1.29, 1.82) is 5.41 Å². The van der Waals surface area contributed by atoms with Gasteiger partial charge in [-0.15, -0.1) is 0 Å². The highest BCUT2D eigenvalue weighted by Crippen LogP contribution is 2.38.